The molecule has 30 heteroatoms. The van der Waals surface area contributed by atoms with Gasteiger partial charge in [-0.3, -0.25) is 57.9 Å². The van der Waals surface area contributed by atoms with Crippen LogP contribution < -0.4 is 48.3 Å². The Kier molecular flexibility index (Phi) is 17.0. The summed E-state index contributed by atoms with van der Waals surface area (Å²) in [6.07, 6.45) is -7.55. The van der Waals surface area contributed by atoms with Gasteiger partial charge < -0.3 is 77.8 Å². The maximum absolute atomic E-state index is 13.9. The number of amides is 12. The Labute approximate surface area is 449 Å². The van der Waals surface area contributed by atoms with Crippen molar-refractivity contribution >= 4 is 71.4 Å². The Bertz CT molecular complexity index is 2480. The maximum Gasteiger partial charge on any atom is 0.411 e. The fourth-order valence-corrected chi connectivity index (χ4v) is 10.3. The van der Waals surface area contributed by atoms with Crippen molar-refractivity contribution in [3.8, 4) is 0 Å². The quantitative estimate of drug-likeness (QED) is 0.0450. The second-order valence-corrected chi connectivity index (χ2v) is 23.4. The second kappa shape index (κ2) is 22.0. The molecule has 13 N–H and O–H groups in total. The van der Waals surface area contributed by atoms with Crippen LogP contribution in [0.2, 0.25) is 0 Å². The first kappa shape index (κ1) is 60.2. The molecule has 6 aliphatic rings. The summed E-state index contributed by atoms with van der Waals surface area (Å²) >= 11 is 0. The number of carbonyl (C=O) groups is 12. The molecule has 30 nitrogen and oxygen atoms in total. The highest BCUT2D eigenvalue weighted by atomic mass is 16.6. The molecule has 6 fully saturated rings. The molecule has 6 saturated heterocycles. The molecule has 0 aromatic rings. The average molecular weight is 1110 g/mol. The first-order valence-corrected chi connectivity index (χ1v) is 25.7. The number of β-lactam (4-membered cyclic amide) rings is 3. The summed E-state index contributed by atoms with van der Waals surface area (Å²) in [4.78, 5) is 162. The Morgan fingerprint density at radius 2 is 0.821 bits per heavy atom. The van der Waals surface area contributed by atoms with Gasteiger partial charge in [0.2, 0.25) is 53.2 Å². The summed E-state index contributed by atoms with van der Waals surface area (Å²) in [7, 11) is 0. The van der Waals surface area contributed by atoms with Gasteiger partial charge in [0.25, 0.3) is 0 Å². The first-order valence-electron chi connectivity index (χ1n) is 25.7. The fraction of sp³-hybridized carbons (Fsp3) is 0.750. The van der Waals surface area contributed by atoms with Gasteiger partial charge in [0.1, 0.15) is 51.5 Å². The van der Waals surface area contributed by atoms with Crippen LogP contribution in [0, 0.1) is 17.8 Å². The zero-order valence-corrected chi connectivity index (χ0v) is 45.4. The Balaban J connectivity index is 1.02. The van der Waals surface area contributed by atoms with Crippen LogP contribution in [0.5, 0.6) is 0 Å². The lowest BCUT2D eigenvalue weighted by Gasteiger charge is -2.44. The lowest BCUT2D eigenvalue weighted by molar-refractivity contribution is -0.141. The highest BCUT2D eigenvalue weighted by Crippen LogP contribution is 2.41. The molecule has 6 heterocycles. The number of likely N-dealkylation sites (tertiary alicyclic amines) is 3. The van der Waals surface area contributed by atoms with Crippen LogP contribution >= 0.6 is 0 Å². The van der Waals surface area contributed by atoms with E-state index in [4.69, 9.17) is 19.9 Å². The highest BCUT2D eigenvalue weighted by Gasteiger charge is 2.63. The molecule has 6 aliphatic heterocycles. The minimum absolute atomic E-state index is 0.0130. The third kappa shape index (κ3) is 12.3. The Morgan fingerprint density at radius 1 is 0.538 bits per heavy atom. The Hall–Kier alpha value is -7.08. The number of hydrogen-bond acceptors (Lipinski definition) is 18. The number of nitrogens with zero attached hydrogens (tertiary/aromatic N) is 3. The van der Waals surface area contributed by atoms with Gasteiger partial charge >= 0.3 is 18.3 Å². The molecule has 12 amide bonds. The summed E-state index contributed by atoms with van der Waals surface area (Å²) in [5.41, 5.74) is -2.93. The molecule has 6 rings (SSSR count). The molecule has 0 saturated carbocycles. The predicted molar refractivity (Wildman–Crippen MR) is 265 cm³/mol. The van der Waals surface area contributed by atoms with E-state index < -0.39 is 166 Å². The Morgan fingerprint density at radius 3 is 1.05 bits per heavy atom. The molecular formula is C48H74N12O18. The van der Waals surface area contributed by atoms with Crippen LogP contribution in [0.4, 0.5) is 14.4 Å². The zero-order chi connectivity index (χ0) is 58.4. The third-order valence-corrected chi connectivity index (χ3v) is 14.9. The molecule has 0 aliphatic carbocycles. The molecule has 6 unspecified atom stereocenters. The van der Waals surface area contributed by atoms with E-state index in [0.29, 0.717) is 0 Å². The van der Waals surface area contributed by atoms with Crippen LogP contribution in [0.25, 0.3) is 0 Å². The first-order chi connectivity index (χ1) is 36.0. The predicted octanol–water partition coefficient (Wildman–Crippen LogP) is -5.36. The number of ether oxygens (including phenoxy) is 3. The van der Waals surface area contributed by atoms with Gasteiger partial charge in [-0.2, -0.15) is 0 Å². The van der Waals surface area contributed by atoms with Gasteiger partial charge in [0, 0.05) is 19.6 Å². The summed E-state index contributed by atoms with van der Waals surface area (Å²) in [6.45, 7) is 12.8. The minimum atomic E-state index is -1.61. The van der Waals surface area contributed by atoms with Crippen LogP contribution in [-0.4, -0.2) is 224 Å². The smallest absolute Gasteiger partial charge is 0.411 e. The van der Waals surface area contributed by atoms with E-state index in [0.717, 1.165) is 9.80 Å². The van der Waals surface area contributed by atoms with Crippen molar-refractivity contribution < 1.29 is 87.1 Å². The van der Waals surface area contributed by atoms with Crippen LogP contribution in [0.1, 0.15) is 88.5 Å². The van der Waals surface area contributed by atoms with Crippen molar-refractivity contribution in [2.45, 2.75) is 158 Å². The summed E-state index contributed by atoms with van der Waals surface area (Å²) in [6, 6.07) is -4.57. The number of hydrogen-bond donors (Lipinski definition) is 12. The molecule has 0 aromatic heterocycles. The molecule has 434 valence electrons. The largest absolute Gasteiger partial charge is 0.444 e. The maximum atomic E-state index is 13.9. The van der Waals surface area contributed by atoms with Crippen molar-refractivity contribution in [3.05, 3.63) is 0 Å². The van der Waals surface area contributed by atoms with Crippen molar-refractivity contribution in [2.24, 2.45) is 23.5 Å². The molecule has 78 heavy (non-hydrogen) atoms. The zero-order valence-electron chi connectivity index (χ0n) is 45.4. The van der Waals surface area contributed by atoms with E-state index in [1.54, 1.807) is 20.8 Å². The van der Waals surface area contributed by atoms with Crippen LogP contribution in [0.15, 0.2) is 0 Å². The second-order valence-electron chi connectivity index (χ2n) is 23.4. The number of carbonyl (C=O) groups excluding carboxylic acids is 12. The topological polar surface area (TPSA) is 425 Å². The third-order valence-electron chi connectivity index (χ3n) is 14.9. The number of aliphatic hydroxyl groups excluding tert-OH is 3. The lowest BCUT2D eigenvalue weighted by Crippen LogP contribution is -2.72. The SMILES string of the molecule is C[C@@H](O)[C@H](NC(=O)C1CN(C(=O)OC(C)(C)CNC(=O)[C@@H](NC(=O)C2CN(C(=O)OC(C)(C)CNC(=O)[C@@H](NC(=O)C3CN(C(=O)OC(C)(C)C)C4(CNC4=O)C3)[C@@H](C)O)C3(CNC3=O)C2)[C@@H](C)O)C2(CNC2=O)C1)C(N)=O. The van der Waals surface area contributed by atoms with Gasteiger partial charge in [-0.15, -0.1) is 0 Å². The van der Waals surface area contributed by atoms with Gasteiger partial charge in [-0.25, -0.2) is 14.4 Å². The molecule has 0 radical (unpaired) electrons. The van der Waals surface area contributed by atoms with E-state index in [9.17, 15) is 72.9 Å². The molecule has 0 aromatic carbocycles. The van der Waals surface area contributed by atoms with Crippen molar-refractivity contribution in [1.82, 2.24) is 57.2 Å². The average Bonchev–Trinajstić information content (AvgIpc) is 4.09. The standard InChI is InChI=1S/C48H74N12O18/c1-22(61)28(31(49)64)55-32(65)25-11-47(20-53-38(47)71)59(15-25)41(74)77-44(7,8)17-51-36(69)30(24(3)63)57-34(67)27-13-48(21-54-39(48)72)60(16-27)42(75)78-45(9,10)18-50-35(68)29(23(2)62)56-33(66)26-12-46(19-52-37(46)70)58(14-26)40(73)76-43(4,5)6/h22-30,61-63H,11-21H2,1-10H3,(H2,49,64)(H,50,68)(H,51,69)(H,52,70)(H,53,71)(H,54,72)(H,55,65)(H,56,66)(H,57,67)/t22-,23-,24-,25?,26?,27?,28+,29+,30+,46?,47?,48?/m1/s1. The monoisotopic (exact) mass is 1110 g/mol. The van der Waals surface area contributed by atoms with Gasteiger partial charge in [0.05, 0.1) is 68.8 Å². The number of nitrogens with one attached hydrogen (secondary N) is 8. The highest BCUT2D eigenvalue weighted by molar-refractivity contribution is 6.00. The molecule has 3 spiro atoms. The van der Waals surface area contributed by atoms with Gasteiger partial charge in [-0.05, 0) is 88.5 Å². The van der Waals surface area contributed by atoms with Crippen molar-refractivity contribution in [2.75, 3.05) is 52.4 Å². The van der Waals surface area contributed by atoms with E-state index >= 15 is 0 Å². The number of nitrogens with two attached hydrogens (primary N) is 1. The number of aliphatic hydroxyl groups is 3. The van der Waals surface area contributed by atoms with E-state index in [1.165, 1.54) is 53.4 Å². The normalized spacial score (nSPS) is 27.7. The summed E-state index contributed by atoms with van der Waals surface area (Å²) < 4.78 is 17.0. The van der Waals surface area contributed by atoms with Crippen molar-refractivity contribution in [3.63, 3.8) is 0 Å². The van der Waals surface area contributed by atoms with E-state index in [1.807, 2.05) is 0 Å². The molecule has 0 bridgehead atoms. The minimum Gasteiger partial charge on any atom is -0.444 e. The van der Waals surface area contributed by atoms with E-state index in [-0.39, 0.29) is 65.1 Å². The summed E-state index contributed by atoms with van der Waals surface area (Å²) in [5.74, 6) is -9.74. The van der Waals surface area contributed by atoms with Crippen LogP contribution in [0.3, 0.4) is 0 Å². The lowest BCUT2D eigenvalue weighted by atomic mass is 9.85. The van der Waals surface area contributed by atoms with Crippen LogP contribution in [-0.2, 0) is 57.4 Å². The molecule has 12 atom stereocenters. The fourth-order valence-electron chi connectivity index (χ4n) is 10.3. The van der Waals surface area contributed by atoms with Gasteiger partial charge in [0.15, 0.2) is 0 Å². The number of primary amides is 1. The van der Waals surface area contributed by atoms with E-state index in [2.05, 4.69) is 42.5 Å². The van der Waals surface area contributed by atoms with Gasteiger partial charge in [-0.1, -0.05) is 0 Å². The number of rotatable bonds is 18. The summed E-state index contributed by atoms with van der Waals surface area (Å²) in [5, 5.41) is 51.3. The molecular weight excluding hydrogens is 1030 g/mol. The van der Waals surface area contributed by atoms with Crippen molar-refractivity contribution in [1.29, 1.82) is 0 Å².